The number of likely N-dealkylation sites (N-methyl/N-ethyl adjacent to an activating group) is 1. The first kappa shape index (κ1) is 27.1. The zero-order chi connectivity index (χ0) is 25.6. The summed E-state index contributed by atoms with van der Waals surface area (Å²) in [4.78, 5) is 28.3. The Morgan fingerprint density at radius 2 is 1.91 bits per heavy atom. The van der Waals surface area contributed by atoms with Crippen molar-refractivity contribution in [3.05, 3.63) is 40.6 Å². The monoisotopic (exact) mass is 517 g/mol. The second-order valence-corrected chi connectivity index (χ2v) is 10.7. The number of rotatable bonds is 13. The largest absolute Gasteiger partial charge is 0.497 e. The van der Waals surface area contributed by atoms with Crippen LogP contribution in [0.2, 0.25) is 0 Å². The average Bonchev–Trinajstić information content (AvgIpc) is 2.86. The van der Waals surface area contributed by atoms with Crippen LogP contribution in [0.5, 0.6) is 5.75 Å². The molecule has 9 heteroatoms. The fourth-order valence-corrected chi connectivity index (χ4v) is 5.79. The first-order chi connectivity index (χ1) is 16.8. The molecule has 3 N–H and O–H groups in total. The zero-order valence-corrected chi connectivity index (χ0v) is 22.7. The molecule has 2 aromatic carbocycles. The van der Waals surface area contributed by atoms with Gasteiger partial charge in [0.25, 0.3) is 0 Å². The fourth-order valence-electron chi connectivity index (χ4n) is 4.02. The summed E-state index contributed by atoms with van der Waals surface area (Å²) in [6, 6.07) is 9.25. The number of benzene rings is 2. The number of aliphatic carboxylic acids is 1. The lowest BCUT2D eigenvalue weighted by Gasteiger charge is -2.28. The lowest BCUT2D eigenvalue weighted by Crippen LogP contribution is -2.44. The molecule has 0 radical (unpaired) electrons. The van der Waals surface area contributed by atoms with Gasteiger partial charge in [-0.1, -0.05) is 13.8 Å². The maximum atomic E-state index is 13.8. The summed E-state index contributed by atoms with van der Waals surface area (Å²) in [5, 5.41) is 17.9. The highest BCUT2D eigenvalue weighted by Gasteiger charge is 2.33. The van der Waals surface area contributed by atoms with Crippen molar-refractivity contribution in [2.45, 2.75) is 32.7 Å². The van der Waals surface area contributed by atoms with Crippen LogP contribution in [-0.4, -0.2) is 66.8 Å². The van der Waals surface area contributed by atoms with Gasteiger partial charge in [-0.05, 0) is 68.8 Å². The first-order valence-electron chi connectivity index (χ1n) is 11.8. The number of carboxylic acids is 1. The Balaban J connectivity index is 2.15. The molecule has 1 aromatic heterocycles. The van der Waals surface area contributed by atoms with Crippen LogP contribution < -0.4 is 20.8 Å². The topological polar surface area (TPSA) is 90.9 Å². The van der Waals surface area contributed by atoms with Gasteiger partial charge in [0, 0.05) is 28.9 Å². The van der Waals surface area contributed by atoms with Gasteiger partial charge in [0.2, 0.25) is 0 Å². The second kappa shape index (κ2) is 12.0. The molecule has 0 saturated carbocycles. The summed E-state index contributed by atoms with van der Waals surface area (Å²) < 4.78 is 6.93. The Hall–Kier alpha value is -2.49. The number of ether oxygens (including phenoxy) is 1. The number of carbonyl (C=O) groups is 1. The zero-order valence-electron chi connectivity index (χ0n) is 21.1. The lowest BCUT2D eigenvalue weighted by atomic mass is 9.98. The van der Waals surface area contributed by atoms with Crippen molar-refractivity contribution < 1.29 is 14.6 Å². The van der Waals surface area contributed by atoms with E-state index in [1.807, 2.05) is 30.5 Å². The summed E-state index contributed by atoms with van der Waals surface area (Å²) in [7, 11) is 1.58. The lowest BCUT2D eigenvalue weighted by molar-refractivity contribution is -0.141. The van der Waals surface area contributed by atoms with Crippen LogP contribution in [0.4, 0.5) is 11.4 Å². The van der Waals surface area contributed by atoms with Gasteiger partial charge in [-0.15, -0.1) is 11.3 Å². The normalized spacial score (nSPS) is 13.2. The number of carboxylic acid groups (broad SMARTS) is 1. The molecule has 0 aliphatic carbocycles. The summed E-state index contributed by atoms with van der Waals surface area (Å²) >= 11 is 3.09. The third kappa shape index (κ3) is 6.02. The molecule has 0 saturated heterocycles. The van der Waals surface area contributed by atoms with Gasteiger partial charge in [-0.2, -0.15) is 11.8 Å². The SMILES string of the molecule is CCN(CC)CCNc1ccc(NC(C)(CCSC)C(=O)O)c2sc3ccc(OC)cc3c(=O)c12. The van der Waals surface area contributed by atoms with E-state index in [2.05, 4.69) is 29.4 Å². The number of thioether (sulfide) groups is 1. The predicted octanol–water partition coefficient (Wildman–Crippen LogP) is 5.19. The van der Waals surface area contributed by atoms with Crippen molar-refractivity contribution >= 4 is 60.6 Å². The molecule has 0 amide bonds. The Bertz CT molecular complexity index is 1240. The molecule has 3 rings (SSSR count). The quantitative estimate of drug-likeness (QED) is 0.267. The minimum Gasteiger partial charge on any atom is -0.497 e. The Morgan fingerprint density at radius 3 is 2.54 bits per heavy atom. The summed E-state index contributed by atoms with van der Waals surface area (Å²) in [6.45, 7) is 9.45. The van der Waals surface area contributed by atoms with Gasteiger partial charge in [0.15, 0.2) is 5.43 Å². The minimum atomic E-state index is -1.15. The third-order valence-electron chi connectivity index (χ3n) is 6.35. The molecule has 1 unspecified atom stereocenters. The van der Waals surface area contributed by atoms with Crippen LogP contribution in [0.25, 0.3) is 20.2 Å². The van der Waals surface area contributed by atoms with E-state index in [4.69, 9.17) is 4.74 Å². The molecule has 0 aliphatic rings. The maximum absolute atomic E-state index is 13.8. The van der Waals surface area contributed by atoms with Crippen LogP contribution >= 0.6 is 23.1 Å². The van der Waals surface area contributed by atoms with Gasteiger partial charge in [-0.25, -0.2) is 4.79 Å². The van der Waals surface area contributed by atoms with E-state index in [0.29, 0.717) is 40.9 Å². The van der Waals surface area contributed by atoms with Gasteiger partial charge in [0.05, 0.1) is 22.9 Å². The highest BCUT2D eigenvalue weighted by Crippen LogP contribution is 2.37. The number of nitrogens with zero attached hydrogens (tertiary/aromatic N) is 1. The Labute approximate surface area is 214 Å². The summed E-state index contributed by atoms with van der Waals surface area (Å²) in [5.41, 5.74) is 0.158. The average molecular weight is 518 g/mol. The van der Waals surface area contributed by atoms with Gasteiger partial charge >= 0.3 is 5.97 Å². The van der Waals surface area contributed by atoms with Crippen LogP contribution in [0.15, 0.2) is 35.1 Å². The molecule has 0 fully saturated rings. The molecule has 0 aliphatic heterocycles. The van der Waals surface area contributed by atoms with Crippen molar-refractivity contribution in [3.63, 3.8) is 0 Å². The number of nitrogens with one attached hydrogen (secondary N) is 2. The fraction of sp³-hybridized carbons (Fsp3) is 0.462. The Morgan fingerprint density at radius 1 is 1.20 bits per heavy atom. The summed E-state index contributed by atoms with van der Waals surface area (Å²) in [5.74, 6) is 0.415. The molecule has 1 atom stereocenters. The van der Waals surface area contributed by atoms with E-state index in [-0.39, 0.29) is 5.43 Å². The van der Waals surface area contributed by atoms with Crippen molar-refractivity contribution in [3.8, 4) is 5.75 Å². The molecule has 190 valence electrons. The van der Waals surface area contributed by atoms with Crippen LogP contribution in [-0.2, 0) is 4.79 Å². The van der Waals surface area contributed by atoms with Crippen LogP contribution in [0.3, 0.4) is 0 Å². The van der Waals surface area contributed by atoms with E-state index in [1.54, 1.807) is 31.9 Å². The van der Waals surface area contributed by atoms with E-state index >= 15 is 0 Å². The Kier molecular flexibility index (Phi) is 9.27. The van der Waals surface area contributed by atoms with Gasteiger partial charge < -0.3 is 25.4 Å². The van der Waals surface area contributed by atoms with Gasteiger partial charge in [0.1, 0.15) is 11.3 Å². The minimum absolute atomic E-state index is 0.0946. The van der Waals surface area contributed by atoms with Crippen molar-refractivity contribution in [1.82, 2.24) is 4.90 Å². The molecular formula is C26H35N3O4S2. The number of hydrogen-bond donors (Lipinski definition) is 3. The highest BCUT2D eigenvalue weighted by molar-refractivity contribution is 7.98. The van der Waals surface area contributed by atoms with E-state index in [1.165, 1.54) is 11.3 Å². The van der Waals surface area contributed by atoms with Gasteiger partial charge in [-0.3, -0.25) is 4.79 Å². The molecule has 3 aromatic rings. The number of methoxy groups -OCH3 is 1. The number of fused-ring (bicyclic) bond motifs is 2. The number of hydrogen-bond acceptors (Lipinski definition) is 8. The van der Waals surface area contributed by atoms with Crippen molar-refractivity contribution in [2.75, 3.05) is 55.9 Å². The van der Waals surface area contributed by atoms with Crippen LogP contribution in [0, 0.1) is 0 Å². The molecule has 7 nitrogen and oxygen atoms in total. The number of anilines is 2. The molecule has 0 spiro atoms. The molecule has 1 heterocycles. The van der Waals surface area contributed by atoms with E-state index < -0.39 is 11.5 Å². The molecular weight excluding hydrogens is 482 g/mol. The standard InChI is InChI=1S/C26H35N3O4S2/c1-6-29(7-2)14-13-27-19-9-10-20(28-26(3,25(31)32)12-15-34-5)24-22(19)23(30)18-16-17(33-4)8-11-21(18)35-24/h8-11,16,27-28H,6-7,12-15H2,1-5H3,(H,31,32). The predicted molar refractivity (Wildman–Crippen MR) is 151 cm³/mol. The second-order valence-electron chi connectivity index (χ2n) is 8.62. The van der Waals surface area contributed by atoms with Crippen LogP contribution in [0.1, 0.15) is 27.2 Å². The smallest absolute Gasteiger partial charge is 0.329 e. The highest BCUT2D eigenvalue weighted by atomic mass is 32.2. The van der Waals surface area contributed by atoms with E-state index in [0.717, 1.165) is 34.7 Å². The molecule has 0 bridgehead atoms. The summed E-state index contributed by atoms with van der Waals surface area (Å²) in [6.07, 6.45) is 2.41. The molecule has 35 heavy (non-hydrogen) atoms. The maximum Gasteiger partial charge on any atom is 0.329 e. The van der Waals surface area contributed by atoms with Crippen molar-refractivity contribution in [1.29, 1.82) is 0 Å². The third-order valence-corrected chi connectivity index (χ3v) is 8.17. The van der Waals surface area contributed by atoms with E-state index in [9.17, 15) is 14.7 Å². The first-order valence-corrected chi connectivity index (χ1v) is 14.0. The van der Waals surface area contributed by atoms with Crippen molar-refractivity contribution in [2.24, 2.45) is 0 Å².